The number of nitrogens with zero attached hydrogens (tertiary/aromatic N) is 1. The van der Waals surface area contributed by atoms with Gasteiger partial charge in [-0.3, -0.25) is 9.59 Å². The van der Waals surface area contributed by atoms with Gasteiger partial charge in [0.25, 0.3) is 0 Å². The zero-order chi connectivity index (χ0) is 15.1. The molecule has 0 atom stereocenters. The Kier molecular flexibility index (Phi) is 3.27. The molecule has 2 amide bonds. The smallest absolute Gasteiger partial charge is 0.248 e. The lowest BCUT2D eigenvalue weighted by molar-refractivity contribution is -0.162. The van der Waals surface area contributed by atoms with Crippen molar-refractivity contribution in [2.45, 2.75) is 57.2 Å². The third-order valence-corrected chi connectivity index (χ3v) is 4.76. The van der Waals surface area contributed by atoms with E-state index in [-0.39, 0.29) is 11.8 Å². The van der Waals surface area contributed by atoms with E-state index in [1.807, 2.05) is 35.2 Å². The van der Waals surface area contributed by atoms with Gasteiger partial charge in [0.1, 0.15) is 11.1 Å². The number of piperazine rings is 1. The minimum atomic E-state index is -0.820. The normalized spacial score (nSPS) is 23.4. The lowest BCUT2D eigenvalue weighted by Crippen LogP contribution is -2.73. The lowest BCUT2D eigenvalue weighted by atomic mass is 9.85. The average molecular weight is 286 g/mol. The van der Waals surface area contributed by atoms with Crippen molar-refractivity contribution in [2.24, 2.45) is 0 Å². The molecule has 1 aliphatic carbocycles. The van der Waals surface area contributed by atoms with Crippen LogP contribution in [0.5, 0.6) is 0 Å². The highest BCUT2D eigenvalue weighted by Gasteiger charge is 2.56. The summed E-state index contributed by atoms with van der Waals surface area (Å²) in [5, 5.41) is 2.92. The van der Waals surface area contributed by atoms with Crippen LogP contribution in [0.15, 0.2) is 30.3 Å². The zero-order valence-corrected chi connectivity index (χ0v) is 12.7. The van der Waals surface area contributed by atoms with Gasteiger partial charge in [0.2, 0.25) is 11.8 Å². The van der Waals surface area contributed by atoms with Gasteiger partial charge >= 0.3 is 0 Å². The van der Waals surface area contributed by atoms with Crippen molar-refractivity contribution < 1.29 is 9.59 Å². The topological polar surface area (TPSA) is 49.4 Å². The second-order valence-corrected chi connectivity index (χ2v) is 6.69. The van der Waals surface area contributed by atoms with Gasteiger partial charge in [0.15, 0.2) is 0 Å². The molecule has 1 aliphatic heterocycles. The van der Waals surface area contributed by atoms with Crippen molar-refractivity contribution in [3.8, 4) is 0 Å². The minimum absolute atomic E-state index is 0.0144. The largest absolute Gasteiger partial charge is 0.340 e. The zero-order valence-electron chi connectivity index (χ0n) is 12.7. The molecular formula is C17H22N2O2. The molecule has 2 aliphatic rings. The van der Waals surface area contributed by atoms with Crippen LogP contribution in [0.1, 0.15) is 45.1 Å². The van der Waals surface area contributed by atoms with E-state index in [2.05, 4.69) is 5.32 Å². The summed E-state index contributed by atoms with van der Waals surface area (Å²) >= 11 is 0. The predicted octanol–water partition coefficient (Wildman–Crippen LogP) is 2.24. The van der Waals surface area contributed by atoms with Gasteiger partial charge in [-0.05, 0) is 32.3 Å². The molecule has 1 spiro atoms. The highest BCUT2D eigenvalue weighted by atomic mass is 16.2. The molecule has 2 fully saturated rings. The lowest BCUT2D eigenvalue weighted by Gasteiger charge is -2.49. The van der Waals surface area contributed by atoms with Gasteiger partial charge in [-0.25, -0.2) is 0 Å². The van der Waals surface area contributed by atoms with Crippen molar-refractivity contribution in [1.82, 2.24) is 10.2 Å². The molecule has 112 valence electrons. The van der Waals surface area contributed by atoms with Crippen LogP contribution >= 0.6 is 0 Å². The van der Waals surface area contributed by atoms with Crippen LogP contribution in [0.3, 0.4) is 0 Å². The van der Waals surface area contributed by atoms with Crippen molar-refractivity contribution >= 4 is 11.8 Å². The summed E-state index contributed by atoms with van der Waals surface area (Å²) in [5.41, 5.74) is -0.384. The highest BCUT2D eigenvalue weighted by Crippen LogP contribution is 2.40. The monoisotopic (exact) mass is 286 g/mol. The maximum absolute atomic E-state index is 12.9. The summed E-state index contributed by atoms with van der Waals surface area (Å²) in [7, 11) is 0. The molecule has 21 heavy (non-hydrogen) atoms. The highest BCUT2D eigenvalue weighted by molar-refractivity contribution is 6.02. The van der Waals surface area contributed by atoms with E-state index < -0.39 is 11.1 Å². The third-order valence-electron chi connectivity index (χ3n) is 4.76. The van der Waals surface area contributed by atoms with E-state index >= 15 is 0 Å². The van der Waals surface area contributed by atoms with Crippen LogP contribution in [0.2, 0.25) is 0 Å². The number of hydrogen-bond acceptors (Lipinski definition) is 2. The molecule has 3 rings (SSSR count). The summed E-state index contributed by atoms with van der Waals surface area (Å²) in [5.74, 6) is 0.0355. The first-order valence-electron chi connectivity index (χ1n) is 7.64. The van der Waals surface area contributed by atoms with Gasteiger partial charge in [-0.1, -0.05) is 43.2 Å². The van der Waals surface area contributed by atoms with Crippen molar-refractivity contribution in [2.75, 3.05) is 0 Å². The van der Waals surface area contributed by atoms with Crippen molar-refractivity contribution in [3.05, 3.63) is 35.9 Å². The number of hydrogen-bond donors (Lipinski definition) is 1. The Bertz CT molecular complexity index is 559. The molecule has 4 heteroatoms. The molecule has 1 N–H and O–H groups in total. The van der Waals surface area contributed by atoms with Gasteiger partial charge in [-0.15, -0.1) is 0 Å². The fraction of sp³-hybridized carbons (Fsp3) is 0.529. The van der Waals surface area contributed by atoms with Gasteiger partial charge in [0.05, 0.1) is 0 Å². The summed E-state index contributed by atoms with van der Waals surface area (Å²) in [6, 6.07) is 9.92. The van der Waals surface area contributed by atoms with E-state index in [1.54, 1.807) is 13.8 Å². The summed E-state index contributed by atoms with van der Waals surface area (Å²) in [6.07, 6.45) is 3.56. The first kappa shape index (κ1) is 14.1. The van der Waals surface area contributed by atoms with Crippen molar-refractivity contribution in [1.29, 1.82) is 0 Å². The van der Waals surface area contributed by atoms with Gasteiger partial charge in [0, 0.05) is 6.54 Å². The molecule has 1 saturated heterocycles. The van der Waals surface area contributed by atoms with Crippen LogP contribution in [0.4, 0.5) is 0 Å². The van der Waals surface area contributed by atoms with Crippen LogP contribution < -0.4 is 5.32 Å². The molecule has 1 saturated carbocycles. The van der Waals surface area contributed by atoms with Gasteiger partial charge < -0.3 is 10.2 Å². The van der Waals surface area contributed by atoms with E-state index in [1.165, 1.54) is 0 Å². The molecule has 1 aromatic carbocycles. The second kappa shape index (κ2) is 4.86. The first-order chi connectivity index (χ1) is 9.96. The van der Waals surface area contributed by atoms with E-state index in [0.717, 1.165) is 31.2 Å². The molecule has 1 heterocycles. The molecule has 0 radical (unpaired) electrons. The Morgan fingerprint density at radius 2 is 1.71 bits per heavy atom. The van der Waals surface area contributed by atoms with Crippen LogP contribution in [0.25, 0.3) is 0 Å². The Labute approximate surface area is 125 Å². The number of carbonyl (C=O) groups excluding carboxylic acids is 2. The number of carbonyl (C=O) groups is 2. The summed E-state index contributed by atoms with van der Waals surface area (Å²) in [4.78, 5) is 27.4. The molecule has 1 aromatic rings. The SMILES string of the molecule is CC1(C)NC(=O)C2(CCCC2)N(Cc2ccccc2)C1=O. The van der Waals surface area contributed by atoms with Crippen LogP contribution in [-0.4, -0.2) is 27.8 Å². The Morgan fingerprint density at radius 3 is 2.33 bits per heavy atom. The maximum Gasteiger partial charge on any atom is 0.248 e. The number of amides is 2. The molecular weight excluding hydrogens is 264 g/mol. The first-order valence-corrected chi connectivity index (χ1v) is 7.64. The molecule has 4 nitrogen and oxygen atoms in total. The van der Waals surface area contributed by atoms with E-state index in [9.17, 15) is 9.59 Å². The van der Waals surface area contributed by atoms with E-state index in [4.69, 9.17) is 0 Å². The van der Waals surface area contributed by atoms with Crippen LogP contribution in [-0.2, 0) is 16.1 Å². The van der Waals surface area contributed by atoms with E-state index in [0.29, 0.717) is 6.54 Å². The molecule has 0 unspecified atom stereocenters. The fourth-order valence-corrected chi connectivity index (χ4v) is 3.55. The molecule has 0 bridgehead atoms. The number of benzene rings is 1. The Morgan fingerprint density at radius 1 is 1.10 bits per heavy atom. The van der Waals surface area contributed by atoms with Crippen molar-refractivity contribution in [3.63, 3.8) is 0 Å². The second-order valence-electron chi connectivity index (χ2n) is 6.69. The summed E-state index contributed by atoms with van der Waals surface area (Å²) in [6.45, 7) is 4.08. The minimum Gasteiger partial charge on any atom is -0.340 e. The third kappa shape index (κ3) is 2.23. The number of nitrogens with one attached hydrogen (secondary N) is 1. The van der Waals surface area contributed by atoms with Gasteiger partial charge in [-0.2, -0.15) is 0 Å². The fourth-order valence-electron chi connectivity index (χ4n) is 3.55. The Hall–Kier alpha value is -1.84. The maximum atomic E-state index is 12.9. The predicted molar refractivity (Wildman–Crippen MR) is 80.4 cm³/mol. The molecule has 0 aromatic heterocycles. The summed E-state index contributed by atoms with van der Waals surface area (Å²) < 4.78 is 0. The quantitative estimate of drug-likeness (QED) is 0.906. The standard InChI is InChI=1S/C17H22N2O2/c1-16(2)15(21)19(12-13-8-4-3-5-9-13)17(14(20)18-16)10-6-7-11-17/h3-5,8-9H,6-7,10-12H2,1-2H3,(H,18,20). The number of rotatable bonds is 2. The Balaban J connectivity index is 1.98. The average Bonchev–Trinajstić information content (AvgIpc) is 2.94. The van der Waals surface area contributed by atoms with Crippen LogP contribution in [0, 0.1) is 0 Å².